The Morgan fingerprint density at radius 3 is 2.76 bits per heavy atom. The molecule has 0 unspecified atom stereocenters. The first kappa shape index (κ1) is 11.5. The van der Waals surface area contributed by atoms with Gasteiger partial charge in [-0.25, -0.2) is 0 Å². The summed E-state index contributed by atoms with van der Waals surface area (Å²) in [6.45, 7) is 2.43. The van der Waals surface area contributed by atoms with Gasteiger partial charge in [-0.2, -0.15) is 15.0 Å². The monoisotopic (exact) mass is 250 g/mol. The number of hydrogen-bond acceptors (Lipinski definition) is 6. The van der Waals surface area contributed by atoms with E-state index in [9.17, 15) is 0 Å². The molecule has 0 aliphatic carbocycles. The molecule has 88 valence electrons. The number of nitrogens with one attached hydrogen (secondary N) is 1. The van der Waals surface area contributed by atoms with Crippen LogP contribution in [-0.4, -0.2) is 19.9 Å². The Hall–Kier alpha value is -1.95. The van der Waals surface area contributed by atoms with Gasteiger partial charge in [-0.3, -0.25) is 4.98 Å². The molecule has 2 heterocycles. The third kappa shape index (κ3) is 3.25. The summed E-state index contributed by atoms with van der Waals surface area (Å²) in [5.41, 5.74) is 7.30. The van der Waals surface area contributed by atoms with E-state index in [0.717, 1.165) is 11.4 Å². The molecular weight excluding hydrogens is 240 g/mol. The first-order valence-corrected chi connectivity index (χ1v) is 5.35. The Bertz CT molecular complexity index is 510. The Morgan fingerprint density at radius 2 is 2.06 bits per heavy atom. The molecule has 0 atom stereocenters. The van der Waals surface area contributed by atoms with Gasteiger partial charge in [0.1, 0.15) is 0 Å². The van der Waals surface area contributed by atoms with Crippen LogP contribution in [-0.2, 0) is 6.54 Å². The van der Waals surface area contributed by atoms with Crippen molar-refractivity contribution in [3.05, 3.63) is 34.9 Å². The molecular formula is C10H11ClN6. The average Bonchev–Trinajstić information content (AvgIpc) is 2.25. The highest BCUT2D eigenvalue weighted by Crippen LogP contribution is 2.08. The maximum absolute atomic E-state index is 5.66. The lowest BCUT2D eigenvalue weighted by molar-refractivity contribution is 0.968. The van der Waals surface area contributed by atoms with E-state index >= 15 is 0 Å². The number of pyridine rings is 1. The lowest BCUT2D eigenvalue weighted by Gasteiger charge is -2.05. The number of nitrogens with two attached hydrogens (primary N) is 1. The minimum atomic E-state index is 0.0669. The molecule has 0 fully saturated rings. The van der Waals surface area contributed by atoms with Gasteiger partial charge in [-0.05, 0) is 30.7 Å². The van der Waals surface area contributed by atoms with Gasteiger partial charge in [-0.15, -0.1) is 0 Å². The van der Waals surface area contributed by atoms with Crippen LogP contribution in [0.1, 0.15) is 11.4 Å². The number of anilines is 2. The number of nitrogen functional groups attached to an aromatic ring is 1. The maximum Gasteiger partial charge on any atom is 0.229 e. The molecule has 3 N–H and O–H groups in total. The van der Waals surface area contributed by atoms with Crippen LogP contribution >= 0.6 is 11.6 Å². The molecule has 0 saturated carbocycles. The zero-order valence-electron chi connectivity index (χ0n) is 9.18. The second-order valence-electron chi connectivity index (χ2n) is 3.41. The van der Waals surface area contributed by atoms with Crippen molar-refractivity contribution in [1.29, 1.82) is 0 Å². The lowest BCUT2D eigenvalue weighted by atomic mass is 10.3. The summed E-state index contributed by atoms with van der Waals surface area (Å²) in [6, 6.07) is 5.78. The summed E-state index contributed by atoms with van der Waals surface area (Å²) in [5, 5.41) is 3.05. The largest absolute Gasteiger partial charge is 0.368 e. The first-order valence-electron chi connectivity index (χ1n) is 4.97. The van der Waals surface area contributed by atoms with Crippen molar-refractivity contribution in [2.75, 3.05) is 11.1 Å². The second-order valence-corrected chi connectivity index (χ2v) is 3.75. The van der Waals surface area contributed by atoms with Gasteiger partial charge in [0.25, 0.3) is 0 Å². The highest BCUT2D eigenvalue weighted by atomic mass is 35.5. The van der Waals surface area contributed by atoms with E-state index in [0.29, 0.717) is 12.5 Å². The molecule has 6 nitrogen and oxygen atoms in total. The number of hydrogen-bond donors (Lipinski definition) is 2. The number of aromatic nitrogens is 4. The molecule has 2 rings (SSSR count). The SMILES string of the molecule is Cc1cccc(CNc2nc(N)nc(Cl)n2)n1. The van der Waals surface area contributed by atoms with Gasteiger partial charge >= 0.3 is 0 Å². The van der Waals surface area contributed by atoms with Crippen LogP contribution in [0.3, 0.4) is 0 Å². The van der Waals surface area contributed by atoms with Crippen LogP contribution in [0, 0.1) is 6.92 Å². The van der Waals surface area contributed by atoms with Crippen LogP contribution in [0.4, 0.5) is 11.9 Å². The number of halogens is 1. The van der Waals surface area contributed by atoms with E-state index in [1.165, 1.54) is 0 Å². The van der Waals surface area contributed by atoms with E-state index in [1.54, 1.807) is 0 Å². The minimum Gasteiger partial charge on any atom is -0.368 e. The molecule has 2 aromatic heterocycles. The van der Waals surface area contributed by atoms with Gasteiger partial charge in [0, 0.05) is 5.69 Å². The Labute approximate surface area is 103 Å². The fourth-order valence-corrected chi connectivity index (χ4v) is 1.48. The minimum absolute atomic E-state index is 0.0669. The fourth-order valence-electron chi connectivity index (χ4n) is 1.31. The number of aryl methyl sites for hydroxylation is 1. The molecule has 0 aliphatic rings. The molecule has 0 spiro atoms. The Kier molecular flexibility index (Phi) is 3.34. The lowest BCUT2D eigenvalue weighted by Crippen LogP contribution is -2.08. The van der Waals surface area contributed by atoms with E-state index < -0.39 is 0 Å². The Morgan fingerprint density at radius 1 is 1.24 bits per heavy atom. The van der Waals surface area contributed by atoms with Gasteiger partial charge in [0.15, 0.2) is 0 Å². The summed E-state index contributed by atoms with van der Waals surface area (Å²) in [5.74, 6) is 0.426. The predicted molar refractivity (Wildman–Crippen MR) is 65.6 cm³/mol. The van der Waals surface area contributed by atoms with Crippen molar-refractivity contribution < 1.29 is 0 Å². The highest BCUT2D eigenvalue weighted by molar-refractivity contribution is 6.28. The van der Waals surface area contributed by atoms with Crippen molar-refractivity contribution in [2.45, 2.75) is 13.5 Å². The molecule has 0 aliphatic heterocycles. The summed E-state index contributed by atoms with van der Waals surface area (Å²) in [7, 11) is 0. The van der Waals surface area contributed by atoms with Crippen LogP contribution in [0.15, 0.2) is 18.2 Å². The summed E-state index contributed by atoms with van der Waals surface area (Å²) < 4.78 is 0. The molecule has 2 aromatic rings. The predicted octanol–water partition coefficient (Wildman–Crippen LogP) is 1.42. The van der Waals surface area contributed by atoms with Crippen LogP contribution < -0.4 is 11.1 Å². The van der Waals surface area contributed by atoms with Gasteiger partial charge in [0.2, 0.25) is 17.2 Å². The van der Waals surface area contributed by atoms with E-state index in [2.05, 4.69) is 25.3 Å². The van der Waals surface area contributed by atoms with E-state index in [-0.39, 0.29) is 11.2 Å². The normalized spacial score (nSPS) is 10.2. The molecule has 0 radical (unpaired) electrons. The third-order valence-electron chi connectivity index (χ3n) is 2.00. The molecule has 0 amide bonds. The maximum atomic E-state index is 5.66. The van der Waals surface area contributed by atoms with Gasteiger partial charge in [-0.1, -0.05) is 6.07 Å². The molecule has 0 aromatic carbocycles. The molecule has 17 heavy (non-hydrogen) atoms. The fraction of sp³-hybridized carbons (Fsp3) is 0.200. The van der Waals surface area contributed by atoms with E-state index in [4.69, 9.17) is 17.3 Å². The molecule has 0 saturated heterocycles. The Balaban J connectivity index is 2.07. The average molecular weight is 251 g/mol. The van der Waals surface area contributed by atoms with Crippen molar-refractivity contribution >= 4 is 23.5 Å². The standard InChI is InChI=1S/C10H11ClN6/c1-6-3-2-4-7(14-6)5-13-10-16-8(11)15-9(12)17-10/h2-4H,5H2,1H3,(H3,12,13,15,16,17). The van der Waals surface area contributed by atoms with Crippen molar-refractivity contribution in [3.8, 4) is 0 Å². The highest BCUT2D eigenvalue weighted by Gasteiger charge is 2.02. The third-order valence-corrected chi connectivity index (χ3v) is 2.17. The second kappa shape index (κ2) is 4.92. The summed E-state index contributed by atoms with van der Waals surface area (Å²) in [6.07, 6.45) is 0. The van der Waals surface area contributed by atoms with Crippen LogP contribution in [0.2, 0.25) is 5.28 Å². The molecule has 0 bridgehead atoms. The van der Waals surface area contributed by atoms with Crippen LogP contribution in [0.25, 0.3) is 0 Å². The van der Waals surface area contributed by atoms with Crippen molar-refractivity contribution in [1.82, 2.24) is 19.9 Å². The van der Waals surface area contributed by atoms with Crippen molar-refractivity contribution in [2.24, 2.45) is 0 Å². The topological polar surface area (TPSA) is 89.6 Å². The quantitative estimate of drug-likeness (QED) is 0.856. The smallest absolute Gasteiger partial charge is 0.229 e. The van der Waals surface area contributed by atoms with Crippen LogP contribution in [0.5, 0.6) is 0 Å². The summed E-state index contributed by atoms with van der Waals surface area (Å²) in [4.78, 5) is 15.8. The molecule has 7 heteroatoms. The summed E-state index contributed by atoms with van der Waals surface area (Å²) >= 11 is 5.66. The first-order chi connectivity index (χ1) is 8.13. The van der Waals surface area contributed by atoms with Crippen molar-refractivity contribution in [3.63, 3.8) is 0 Å². The number of rotatable bonds is 3. The zero-order chi connectivity index (χ0) is 12.3. The van der Waals surface area contributed by atoms with E-state index in [1.807, 2.05) is 25.1 Å². The van der Waals surface area contributed by atoms with Gasteiger partial charge < -0.3 is 11.1 Å². The number of nitrogens with zero attached hydrogens (tertiary/aromatic N) is 4. The van der Waals surface area contributed by atoms with Gasteiger partial charge in [0.05, 0.1) is 12.2 Å². The zero-order valence-corrected chi connectivity index (χ0v) is 9.94.